The summed E-state index contributed by atoms with van der Waals surface area (Å²) in [7, 11) is 0. The average Bonchev–Trinajstić information content (AvgIpc) is 2.91. The van der Waals surface area contributed by atoms with Gasteiger partial charge in [-0.3, -0.25) is 4.98 Å². The molecule has 0 saturated heterocycles. The number of aromatic nitrogens is 1. The Morgan fingerprint density at radius 2 is 1.69 bits per heavy atom. The Labute approximate surface area is 212 Å². The molecule has 1 saturated carbocycles. The number of pyridine rings is 1. The first-order valence-corrected chi connectivity index (χ1v) is 13.7. The maximum absolute atomic E-state index is 12.3. The quantitative estimate of drug-likeness (QED) is 0.175. The molecule has 0 aliphatic heterocycles. The van der Waals surface area contributed by atoms with E-state index in [0.717, 1.165) is 17.2 Å². The lowest BCUT2D eigenvalue weighted by molar-refractivity contribution is -0.141. The zero-order valence-electron chi connectivity index (χ0n) is 21.9. The van der Waals surface area contributed by atoms with E-state index < -0.39 is 11.4 Å². The number of unbranched alkanes of at least 4 members (excludes halogenated alkanes) is 5. The summed E-state index contributed by atoms with van der Waals surface area (Å²) in [6.45, 7) is 5.70. The van der Waals surface area contributed by atoms with Gasteiger partial charge in [0, 0.05) is 11.8 Å². The molecular weight excluding hydrogens is 432 g/mol. The second-order valence-electron chi connectivity index (χ2n) is 10.5. The number of ether oxygens (including phenoxy) is 1. The first kappa shape index (κ1) is 26.9. The van der Waals surface area contributed by atoms with E-state index in [9.17, 15) is 10.1 Å². The maximum Gasteiger partial charge on any atom is 0.331 e. The van der Waals surface area contributed by atoms with Gasteiger partial charge in [-0.25, -0.2) is 4.79 Å². The summed E-state index contributed by atoms with van der Waals surface area (Å²) in [6, 6.07) is 13.7. The molecule has 1 fully saturated rings. The van der Waals surface area contributed by atoms with Crippen molar-refractivity contribution in [2.75, 3.05) is 0 Å². The van der Waals surface area contributed by atoms with Crippen molar-refractivity contribution >= 4 is 5.97 Å². The number of hydrogen-bond acceptors (Lipinski definition) is 4. The fourth-order valence-electron chi connectivity index (χ4n) is 5.00. The highest BCUT2D eigenvalue weighted by Gasteiger charge is 2.33. The monoisotopic (exact) mass is 474 g/mol. The number of esters is 1. The molecule has 3 rings (SSSR count). The van der Waals surface area contributed by atoms with Crippen LogP contribution in [0.3, 0.4) is 0 Å². The van der Waals surface area contributed by atoms with Crippen molar-refractivity contribution < 1.29 is 9.53 Å². The third kappa shape index (κ3) is 7.66. The summed E-state index contributed by atoms with van der Waals surface area (Å²) < 4.78 is 5.42. The van der Waals surface area contributed by atoms with E-state index in [0.29, 0.717) is 18.1 Å². The number of nitriles is 1. The molecule has 1 heterocycles. The van der Waals surface area contributed by atoms with Gasteiger partial charge in [0.1, 0.15) is 5.75 Å². The highest BCUT2D eigenvalue weighted by molar-refractivity contribution is 5.81. The van der Waals surface area contributed by atoms with E-state index in [1.807, 2.05) is 25.3 Å². The summed E-state index contributed by atoms with van der Waals surface area (Å²) in [5.74, 6) is 1.48. The van der Waals surface area contributed by atoms with Crippen LogP contribution in [0.2, 0.25) is 0 Å². The van der Waals surface area contributed by atoms with Crippen LogP contribution in [0.15, 0.2) is 42.6 Å². The summed E-state index contributed by atoms with van der Waals surface area (Å²) in [6.07, 6.45) is 17.5. The molecule has 0 amide bonds. The summed E-state index contributed by atoms with van der Waals surface area (Å²) in [5.41, 5.74) is 2.13. The molecular formula is C31H42N2O2. The highest BCUT2D eigenvalue weighted by atomic mass is 16.5. The van der Waals surface area contributed by atoms with E-state index in [4.69, 9.17) is 9.72 Å². The molecule has 2 aromatic rings. The Bertz CT molecular complexity index is 953. The largest absolute Gasteiger partial charge is 0.425 e. The predicted molar refractivity (Wildman–Crippen MR) is 142 cm³/mol. The molecule has 1 atom stereocenters. The lowest BCUT2D eigenvalue weighted by atomic mass is 9.77. The van der Waals surface area contributed by atoms with E-state index >= 15 is 0 Å². The van der Waals surface area contributed by atoms with Crippen LogP contribution in [0.25, 0.3) is 11.3 Å². The molecule has 0 N–H and O–H groups in total. The third-order valence-electron chi connectivity index (χ3n) is 7.84. The van der Waals surface area contributed by atoms with Gasteiger partial charge in [0.05, 0.1) is 11.8 Å². The molecule has 0 radical (unpaired) electrons. The molecule has 0 bridgehead atoms. The number of rotatable bonds is 12. The standard InChI is InChI=1S/C31H42N2O2/c1-4-6-7-8-9-10-11-24-12-14-25(15-13-24)27-18-21-29(33-22-27)26-16-19-28(20-17-26)35-30(34)31(3,5-2)23-32/h16-22,24-25H,4-15H2,1-3H3. The molecule has 1 unspecified atom stereocenters. The van der Waals surface area contributed by atoms with Crippen molar-refractivity contribution in [3.63, 3.8) is 0 Å². The number of nitrogens with zero attached hydrogens (tertiary/aromatic N) is 2. The molecule has 0 spiro atoms. The normalized spacial score (nSPS) is 19.5. The molecule has 188 valence electrons. The fourth-order valence-corrected chi connectivity index (χ4v) is 5.00. The van der Waals surface area contributed by atoms with Gasteiger partial charge >= 0.3 is 5.97 Å². The lowest BCUT2D eigenvalue weighted by Crippen LogP contribution is -2.29. The molecule has 4 heteroatoms. The summed E-state index contributed by atoms with van der Waals surface area (Å²) in [4.78, 5) is 17.0. The number of carbonyl (C=O) groups excluding carboxylic acids is 1. The van der Waals surface area contributed by atoms with E-state index in [-0.39, 0.29) is 0 Å². The van der Waals surface area contributed by atoms with Crippen molar-refractivity contribution in [1.82, 2.24) is 4.98 Å². The first-order valence-electron chi connectivity index (χ1n) is 13.7. The van der Waals surface area contributed by atoms with Gasteiger partial charge in [-0.05, 0) is 86.8 Å². The van der Waals surface area contributed by atoms with Crippen LogP contribution in [0, 0.1) is 22.7 Å². The Kier molecular flexibility index (Phi) is 10.3. The van der Waals surface area contributed by atoms with Gasteiger partial charge in [-0.2, -0.15) is 5.26 Å². The van der Waals surface area contributed by atoms with E-state index in [2.05, 4.69) is 25.1 Å². The van der Waals surface area contributed by atoms with Gasteiger partial charge in [0.2, 0.25) is 0 Å². The van der Waals surface area contributed by atoms with Crippen molar-refractivity contribution in [2.45, 2.75) is 104 Å². The van der Waals surface area contributed by atoms with Crippen molar-refractivity contribution in [2.24, 2.45) is 11.3 Å². The summed E-state index contributed by atoms with van der Waals surface area (Å²) in [5, 5.41) is 9.26. The van der Waals surface area contributed by atoms with Crippen LogP contribution in [-0.4, -0.2) is 11.0 Å². The Balaban J connectivity index is 1.47. The van der Waals surface area contributed by atoms with Crippen LogP contribution in [0.5, 0.6) is 5.75 Å². The number of hydrogen-bond donors (Lipinski definition) is 0. The topological polar surface area (TPSA) is 63.0 Å². The first-order chi connectivity index (χ1) is 17.0. The zero-order chi connectivity index (χ0) is 25.1. The van der Waals surface area contributed by atoms with Gasteiger partial charge in [-0.15, -0.1) is 0 Å². The summed E-state index contributed by atoms with van der Waals surface area (Å²) >= 11 is 0. The minimum atomic E-state index is -1.12. The van der Waals surface area contributed by atoms with E-state index in [1.165, 1.54) is 76.2 Å². The van der Waals surface area contributed by atoms with Gasteiger partial charge in [0.25, 0.3) is 0 Å². The van der Waals surface area contributed by atoms with Crippen LogP contribution < -0.4 is 4.74 Å². The molecule has 1 aliphatic carbocycles. The Hall–Kier alpha value is -2.67. The van der Waals surface area contributed by atoms with Crippen molar-refractivity contribution in [3.8, 4) is 23.1 Å². The van der Waals surface area contributed by atoms with Crippen molar-refractivity contribution in [1.29, 1.82) is 5.26 Å². The molecule has 1 aromatic heterocycles. The second-order valence-corrected chi connectivity index (χ2v) is 10.5. The molecule has 1 aliphatic rings. The van der Waals surface area contributed by atoms with Gasteiger partial charge in [0.15, 0.2) is 5.41 Å². The SMILES string of the molecule is CCCCCCCCC1CCC(c2ccc(-c3ccc(OC(=O)C(C)(C#N)CC)cc3)nc2)CC1. The van der Waals surface area contributed by atoms with Crippen LogP contribution >= 0.6 is 0 Å². The third-order valence-corrected chi connectivity index (χ3v) is 7.84. The molecule has 1 aromatic carbocycles. The van der Waals surface area contributed by atoms with Crippen molar-refractivity contribution in [3.05, 3.63) is 48.2 Å². The highest BCUT2D eigenvalue weighted by Crippen LogP contribution is 2.38. The Morgan fingerprint density at radius 1 is 1.00 bits per heavy atom. The molecule has 35 heavy (non-hydrogen) atoms. The zero-order valence-corrected chi connectivity index (χ0v) is 21.9. The average molecular weight is 475 g/mol. The van der Waals surface area contributed by atoms with Gasteiger partial charge < -0.3 is 4.74 Å². The maximum atomic E-state index is 12.3. The van der Waals surface area contributed by atoms with Crippen LogP contribution in [0.1, 0.15) is 109 Å². The van der Waals surface area contributed by atoms with Gasteiger partial charge in [-0.1, -0.05) is 64.9 Å². The molecule has 4 nitrogen and oxygen atoms in total. The minimum absolute atomic E-state index is 0.414. The second kappa shape index (κ2) is 13.4. The Morgan fingerprint density at radius 3 is 2.29 bits per heavy atom. The number of benzene rings is 1. The fraction of sp³-hybridized carbons (Fsp3) is 0.581. The van der Waals surface area contributed by atoms with Crippen LogP contribution in [-0.2, 0) is 4.79 Å². The smallest absolute Gasteiger partial charge is 0.331 e. The number of carbonyl (C=O) groups is 1. The van der Waals surface area contributed by atoms with Crippen LogP contribution in [0.4, 0.5) is 0 Å². The predicted octanol–water partition coefficient (Wildman–Crippen LogP) is 8.62. The van der Waals surface area contributed by atoms with E-state index in [1.54, 1.807) is 19.1 Å². The lowest BCUT2D eigenvalue weighted by Gasteiger charge is -2.28. The minimum Gasteiger partial charge on any atom is -0.425 e.